The van der Waals surface area contributed by atoms with Crippen LogP contribution in [-0.4, -0.2) is 83.1 Å². The number of rotatable bonds is 11. The average Bonchev–Trinajstić information content (AvgIpc) is 3.35. The SMILES string of the molecule is CC[n+]1c(N)cc(N)nc1SCC1=C(C(=O)O)N2C(=O)C(NC(=O)/C(=N\OC(C)(C)C(=O)O)c3csc(N)n3)[C@H]2SC1. The van der Waals surface area contributed by atoms with Gasteiger partial charge in [-0.05, 0) is 38.1 Å². The molecule has 1 unspecified atom stereocenters. The summed E-state index contributed by atoms with van der Waals surface area (Å²) < 4.78 is 1.73. The van der Waals surface area contributed by atoms with Crippen LogP contribution in [0.2, 0.25) is 0 Å². The van der Waals surface area contributed by atoms with Crippen molar-refractivity contribution in [2.75, 3.05) is 28.7 Å². The number of carbonyl (C=O) groups is 4. The molecule has 2 atom stereocenters. The van der Waals surface area contributed by atoms with Crippen LogP contribution in [0.5, 0.6) is 0 Å². The molecule has 2 aliphatic rings. The summed E-state index contributed by atoms with van der Waals surface area (Å²) in [7, 11) is 0. The lowest BCUT2D eigenvalue weighted by Gasteiger charge is -2.49. The van der Waals surface area contributed by atoms with Crippen LogP contribution in [0.3, 0.4) is 0 Å². The van der Waals surface area contributed by atoms with Crippen LogP contribution in [0.4, 0.5) is 16.8 Å². The van der Waals surface area contributed by atoms with Gasteiger partial charge in [0.2, 0.25) is 17.2 Å². The molecular formula is C23H28N9O7S3+. The monoisotopic (exact) mass is 638 g/mol. The number of carbonyl (C=O) groups excluding carboxylic acids is 2. The van der Waals surface area contributed by atoms with Crippen molar-refractivity contribution in [3.8, 4) is 0 Å². The van der Waals surface area contributed by atoms with Crippen molar-refractivity contribution in [3.05, 3.63) is 28.4 Å². The Labute approximate surface area is 251 Å². The number of oxime groups is 1. The number of nitrogens with two attached hydrogens (primary N) is 3. The predicted octanol–water partition coefficient (Wildman–Crippen LogP) is -0.293. The second kappa shape index (κ2) is 12.0. The maximum atomic E-state index is 13.2. The van der Waals surface area contributed by atoms with E-state index in [4.69, 9.17) is 22.0 Å². The number of nitrogens with zero attached hydrogens (tertiary/aromatic N) is 5. The van der Waals surface area contributed by atoms with Crippen molar-refractivity contribution >= 4 is 81.1 Å². The minimum Gasteiger partial charge on any atom is -0.478 e. The van der Waals surface area contributed by atoms with Crippen LogP contribution in [0.25, 0.3) is 0 Å². The number of β-lactam (4-membered cyclic amide) rings is 1. The quantitative estimate of drug-likeness (QED) is 0.0462. The van der Waals surface area contributed by atoms with E-state index in [0.717, 1.165) is 16.2 Å². The summed E-state index contributed by atoms with van der Waals surface area (Å²) in [4.78, 5) is 64.7. The first kappa shape index (κ1) is 30.8. The third-order valence-corrected chi connectivity index (χ3v) is 9.23. The summed E-state index contributed by atoms with van der Waals surface area (Å²) in [6.07, 6.45) is 0. The molecular weight excluding hydrogens is 611 g/mol. The number of hydrogen-bond donors (Lipinski definition) is 6. The highest BCUT2D eigenvalue weighted by molar-refractivity contribution is 8.01. The summed E-state index contributed by atoms with van der Waals surface area (Å²) in [5, 5.41) is 26.9. The zero-order valence-electron chi connectivity index (χ0n) is 22.6. The smallest absolute Gasteiger partial charge is 0.352 e. The molecule has 0 aromatic carbocycles. The number of fused-ring (bicyclic) bond motifs is 1. The van der Waals surface area contributed by atoms with E-state index in [1.54, 1.807) is 4.57 Å². The predicted molar refractivity (Wildman–Crippen MR) is 155 cm³/mol. The van der Waals surface area contributed by atoms with E-state index in [0.29, 0.717) is 23.1 Å². The molecule has 2 aromatic rings. The van der Waals surface area contributed by atoms with Crippen LogP contribution in [0, 0.1) is 0 Å². The molecule has 1 saturated heterocycles. The van der Waals surface area contributed by atoms with Crippen LogP contribution < -0.4 is 27.1 Å². The van der Waals surface area contributed by atoms with E-state index in [1.807, 2.05) is 6.92 Å². The number of thioether (sulfide) groups is 2. The van der Waals surface area contributed by atoms with Gasteiger partial charge in [0.05, 0.1) is 12.6 Å². The van der Waals surface area contributed by atoms with E-state index < -0.39 is 46.5 Å². The molecule has 2 aromatic heterocycles. The standard InChI is InChI=1S/C23H27N9O7S3/c1-4-31-12(25)5-11(24)28-22(31)42-7-9-6-40-18-14(17(34)32(18)15(9)19(35)36)29-16(33)13(10-8-41-21(26)27-10)30-39-23(2,3)20(37)38/h5,8,14,18H,4,6-7H2,1-3H3,(H8,24,25,26,27,29,33,35,36,37,38)/p+1/b30-13-/t14?,18-/m1/s1. The van der Waals surface area contributed by atoms with Gasteiger partial charge in [0.15, 0.2) is 10.8 Å². The van der Waals surface area contributed by atoms with E-state index in [1.165, 1.54) is 48.8 Å². The summed E-state index contributed by atoms with van der Waals surface area (Å²) in [6, 6.07) is 0.444. The van der Waals surface area contributed by atoms with Crippen LogP contribution in [0.1, 0.15) is 26.5 Å². The highest BCUT2D eigenvalue weighted by Gasteiger charge is 2.54. The molecule has 0 bridgehead atoms. The number of hydrogen-bond acceptors (Lipinski definition) is 14. The van der Waals surface area contributed by atoms with E-state index in [9.17, 15) is 29.4 Å². The zero-order chi connectivity index (χ0) is 30.9. The maximum absolute atomic E-state index is 13.2. The second-order valence-corrected chi connectivity index (χ2v) is 12.4. The van der Waals surface area contributed by atoms with Crippen LogP contribution in [-0.2, 0) is 30.6 Å². The van der Waals surface area contributed by atoms with E-state index >= 15 is 0 Å². The first-order chi connectivity index (χ1) is 19.7. The summed E-state index contributed by atoms with van der Waals surface area (Å²) in [5.74, 6) is -3.03. The first-order valence-corrected chi connectivity index (χ1v) is 15.2. The molecule has 0 spiro atoms. The molecule has 9 N–H and O–H groups in total. The highest BCUT2D eigenvalue weighted by atomic mass is 32.2. The molecule has 4 heterocycles. The molecule has 2 amide bonds. The lowest BCUT2D eigenvalue weighted by molar-refractivity contribution is -0.719. The number of carboxylic acids is 2. The van der Waals surface area contributed by atoms with Crippen LogP contribution >= 0.6 is 34.9 Å². The van der Waals surface area contributed by atoms with Gasteiger partial charge in [0.1, 0.15) is 22.8 Å². The Bertz CT molecular complexity index is 1520. The minimum atomic E-state index is -1.77. The molecule has 16 nitrogen and oxygen atoms in total. The third-order valence-electron chi connectivity index (χ3n) is 6.15. The fourth-order valence-corrected chi connectivity index (χ4v) is 7.05. The molecule has 4 rings (SSSR count). The van der Waals surface area contributed by atoms with Gasteiger partial charge in [-0.25, -0.2) is 19.1 Å². The minimum absolute atomic E-state index is 0.0154. The Balaban J connectivity index is 1.54. The molecule has 224 valence electrons. The Kier molecular flexibility index (Phi) is 8.83. The number of nitrogens with one attached hydrogen (secondary N) is 1. The molecule has 19 heteroatoms. The Morgan fingerprint density at radius 3 is 2.60 bits per heavy atom. The van der Waals surface area contributed by atoms with Crippen molar-refractivity contribution in [1.82, 2.24) is 20.2 Å². The van der Waals surface area contributed by atoms with E-state index in [-0.39, 0.29) is 33.8 Å². The number of thiazole rings is 1. The number of aliphatic carboxylic acids is 2. The lowest BCUT2D eigenvalue weighted by Crippen LogP contribution is -2.71. The number of nitrogen functional groups attached to an aromatic ring is 3. The maximum Gasteiger partial charge on any atom is 0.352 e. The lowest BCUT2D eigenvalue weighted by atomic mass is 10.0. The van der Waals surface area contributed by atoms with Crippen molar-refractivity contribution in [1.29, 1.82) is 0 Å². The van der Waals surface area contributed by atoms with Crippen LogP contribution in [0.15, 0.2) is 33.0 Å². The van der Waals surface area contributed by atoms with Crippen molar-refractivity contribution in [2.24, 2.45) is 5.16 Å². The Hall–Kier alpha value is -4.10. The molecule has 1 fully saturated rings. The molecule has 0 saturated carbocycles. The normalized spacial score (nSPS) is 18.8. The summed E-state index contributed by atoms with van der Waals surface area (Å²) in [5.41, 5.74) is 15.7. The van der Waals surface area contributed by atoms with Gasteiger partial charge in [-0.3, -0.25) is 14.5 Å². The van der Waals surface area contributed by atoms with Gasteiger partial charge < -0.3 is 37.6 Å². The largest absolute Gasteiger partial charge is 0.478 e. The van der Waals surface area contributed by atoms with Gasteiger partial charge in [-0.15, -0.1) is 23.1 Å². The van der Waals surface area contributed by atoms with Crippen molar-refractivity contribution in [3.63, 3.8) is 0 Å². The van der Waals surface area contributed by atoms with Gasteiger partial charge in [0, 0.05) is 16.9 Å². The Morgan fingerprint density at radius 1 is 1.29 bits per heavy atom. The number of anilines is 3. The molecule has 0 radical (unpaired) electrons. The van der Waals surface area contributed by atoms with Gasteiger partial charge in [-0.1, -0.05) is 10.1 Å². The van der Waals surface area contributed by atoms with E-state index in [2.05, 4.69) is 20.4 Å². The topological polar surface area (TPSA) is 253 Å². The first-order valence-electron chi connectivity index (χ1n) is 12.3. The third kappa shape index (κ3) is 6.07. The number of aromatic nitrogens is 3. The van der Waals surface area contributed by atoms with Gasteiger partial charge >= 0.3 is 17.1 Å². The summed E-state index contributed by atoms with van der Waals surface area (Å²) in [6.45, 7) is 4.88. The highest BCUT2D eigenvalue weighted by Crippen LogP contribution is 2.41. The molecule has 42 heavy (non-hydrogen) atoms. The average molecular weight is 639 g/mol. The molecule has 2 aliphatic heterocycles. The fraction of sp³-hybridized carbons (Fsp3) is 0.391. The van der Waals surface area contributed by atoms with Gasteiger partial charge in [0.25, 0.3) is 11.8 Å². The van der Waals surface area contributed by atoms with Crippen molar-refractivity contribution < 1.29 is 38.8 Å². The van der Waals surface area contributed by atoms with Crippen molar-refractivity contribution in [2.45, 2.75) is 49.5 Å². The summed E-state index contributed by atoms with van der Waals surface area (Å²) >= 11 is 3.54. The number of amides is 2. The zero-order valence-corrected chi connectivity index (χ0v) is 25.0. The number of carboxylic acid groups (broad SMARTS) is 2. The Morgan fingerprint density at radius 2 is 2.00 bits per heavy atom. The fourth-order valence-electron chi connectivity index (χ4n) is 3.93. The molecule has 0 aliphatic carbocycles. The second-order valence-electron chi connectivity index (χ2n) is 9.46. The van der Waals surface area contributed by atoms with Gasteiger partial charge in [-0.2, -0.15) is 0 Å².